The summed E-state index contributed by atoms with van der Waals surface area (Å²) >= 11 is 0. The number of hydrogen-bond acceptors (Lipinski definition) is 1. The molecule has 0 unspecified atom stereocenters. The van der Waals surface area contributed by atoms with Gasteiger partial charge in [0.1, 0.15) is 0 Å². The molecule has 0 fully saturated rings. The van der Waals surface area contributed by atoms with Gasteiger partial charge in [-0.1, -0.05) is 54.6 Å². The number of nitrogens with two attached hydrogens (primary N) is 1. The average Bonchev–Trinajstić information content (AvgIpc) is 2.48. The van der Waals surface area contributed by atoms with Crippen molar-refractivity contribution in [2.24, 2.45) is 5.73 Å². The molecule has 3 aromatic rings. The Labute approximate surface area is 120 Å². The van der Waals surface area contributed by atoms with Gasteiger partial charge in [-0.25, -0.2) is 0 Å². The van der Waals surface area contributed by atoms with Crippen LogP contribution in [0.3, 0.4) is 0 Å². The zero-order chi connectivity index (χ0) is 14.1. The Morgan fingerprint density at radius 1 is 0.850 bits per heavy atom. The van der Waals surface area contributed by atoms with Crippen LogP contribution in [0.5, 0.6) is 0 Å². The van der Waals surface area contributed by atoms with Crippen LogP contribution in [0.25, 0.3) is 21.9 Å². The van der Waals surface area contributed by atoms with Crippen LogP contribution in [0.4, 0.5) is 0 Å². The van der Waals surface area contributed by atoms with Crippen LogP contribution in [0, 0.1) is 13.8 Å². The number of benzene rings is 3. The Hall–Kier alpha value is -2.12. The van der Waals surface area contributed by atoms with E-state index in [0.29, 0.717) is 6.54 Å². The van der Waals surface area contributed by atoms with Gasteiger partial charge in [-0.05, 0) is 52.4 Å². The summed E-state index contributed by atoms with van der Waals surface area (Å²) in [6, 6.07) is 19.5. The predicted octanol–water partition coefficient (Wildman–Crippen LogP) is 4.58. The van der Waals surface area contributed by atoms with Crippen molar-refractivity contribution in [2.75, 3.05) is 0 Å². The molecule has 100 valence electrons. The van der Waals surface area contributed by atoms with Gasteiger partial charge in [0.25, 0.3) is 0 Å². The highest BCUT2D eigenvalue weighted by atomic mass is 14.5. The summed E-state index contributed by atoms with van der Waals surface area (Å²) in [4.78, 5) is 0. The summed E-state index contributed by atoms with van der Waals surface area (Å²) in [6.07, 6.45) is 0. The van der Waals surface area contributed by atoms with E-state index in [4.69, 9.17) is 5.73 Å². The van der Waals surface area contributed by atoms with Crippen LogP contribution >= 0.6 is 0 Å². The summed E-state index contributed by atoms with van der Waals surface area (Å²) < 4.78 is 0. The van der Waals surface area contributed by atoms with Gasteiger partial charge in [0.2, 0.25) is 0 Å². The third-order valence-electron chi connectivity index (χ3n) is 3.93. The van der Waals surface area contributed by atoms with Gasteiger partial charge in [0.05, 0.1) is 0 Å². The fourth-order valence-electron chi connectivity index (χ4n) is 2.87. The molecule has 0 aliphatic carbocycles. The minimum atomic E-state index is 0.593. The molecule has 0 aliphatic rings. The number of hydrogen-bond donors (Lipinski definition) is 1. The van der Waals surface area contributed by atoms with E-state index >= 15 is 0 Å². The predicted molar refractivity (Wildman–Crippen MR) is 86.7 cm³/mol. The fraction of sp³-hybridized carbons (Fsp3) is 0.158. The zero-order valence-corrected chi connectivity index (χ0v) is 12.0. The first kappa shape index (κ1) is 12.9. The lowest BCUT2D eigenvalue weighted by atomic mass is 9.91. The van der Waals surface area contributed by atoms with E-state index < -0.39 is 0 Å². The van der Waals surface area contributed by atoms with Gasteiger partial charge in [0.15, 0.2) is 0 Å². The molecule has 1 nitrogen and oxygen atoms in total. The molecule has 0 saturated heterocycles. The molecule has 0 aliphatic heterocycles. The van der Waals surface area contributed by atoms with Gasteiger partial charge in [0, 0.05) is 6.54 Å². The molecule has 20 heavy (non-hydrogen) atoms. The van der Waals surface area contributed by atoms with E-state index in [2.05, 4.69) is 68.4 Å². The smallest absolute Gasteiger partial charge is 0.0178 e. The molecule has 3 aromatic carbocycles. The Morgan fingerprint density at radius 2 is 1.65 bits per heavy atom. The second kappa shape index (κ2) is 5.10. The van der Waals surface area contributed by atoms with Gasteiger partial charge in [-0.15, -0.1) is 0 Å². The quantitative estimate of drug-likeness (QED) is 0.717. The molecule has 0 bridgehead atoms. The van der Waals surface area contributed by atoms with Crippen molar-refractivity contribution in [3.63, 3.8) is 0 Å². The zero-order valence-electron chi connectivity index (χ0n) is 12.0. The molecule has 0 amide bonds. The Bertz CT molecular complexity index is 772. The Kier molecular flexibility index (Phi) is 3.29. The first-order valence-corrected chi connectivity index (χ1v) is 6.99. The summed E-state index contributed by atoms with van der Waals surface area (Å²) in [5.41, 5.74) is 12.1. The Morgan fingerprint density at radius 3 is 2.40 bits per heavy atom. The number of aryl methyl sites for hydroxylation is 2. The standard InChI is InChI=1S/C19H19N/c1-13-7-9-16-5-3-4-6-18(16)19(13)17-10-8-15(12-20)11-14(17)2/h3-11H,12,20H2,1-2H3. The summed E-state index contributed by atoms with van der Waals surface area (Å²) in [5.74, 6) is 0. The maximum Gasteiger partial charge on any atom is 0.0178 e. The highest BCUT2D eigenvalue weighted by molar-refractivity contribution is 5.98. The van der Waals surface area contributed by atoms with Gasteiger partial charge >= 0.3 is 0 Å². The Balaban J connectivity index is 2.31. The van der Waals surface area contributed by atoms with Crippen molar-refractivity contribution in [1.29, 1.82) is 0 Å². The molecule has 0 heterocycles. The summed E-state index contributed by atoms with van der Waals surface area (Å²) in [7, 11) is 0. The van der Waals surface area contributed by atoms with E-state index in [1.165, 1.54) is 38.6 Å². The second-order valence-corrected chi connectivity index (χ2v) is 5.33. The third-order valence-corrected chi connectivity index (χ3v) is 3.93. The van der Waals surface area contributed by atoms with Crippen molar-refractivity contribution < 1.29 is 0 Å². The van der Waals surface area contributed by atoms with E-state index in [0.717, 1.165) is 0 Å². The molecule has 0 atom stereocenters. The minimum absolute atomic E-state index is 0.593. The first-order chi connectivity index (χ1) is 9.70. The average molecular weight is 261 g/mol. The third kappa shape index (κ3) is 2.10. The highest BCUT2D eigenvalue weighted by Gasteiger charge is 2.09. The van der Waals surface area contributed by atoms with Crippen LogP contribution < -0.4 is 5.73 Å². The van der Waals surface area contributed by atoms with E-state index in [1.54, 1.807) is 0 Å². The number of rotatable bonds is 2. The van der Waals surface area contributed by atoms with Crippen LogP contribution in [0.1, 0.15) is 16.7 Å². The molecule has 3 rings (SSSR count). The van der Waals surface area contributed by atoms with E-state index in [9.17, 15) is 0 Å². The van der Waals surface area contributed by atoms with E-state index in [-0.39, 0.29) is 0 Å². The van der Waals surface area contributed by atoms with Crippen LogP contribution in [-0.2, 0) is 6.54 Å². The first-order valence-electron chi connectivity index (χ1n) is 6.99. The molecule has 0 saturated carbocycles. The minimum Gasteiger partial charge on any atom is -0.326 e. The van der Waals surface area contributed by atoms with E-state index in [1.807, 2.05) is 0 Å². The summed E-state index contributed by atoms with van der Waals surface area (Å²) in [6.45, 7) is 4.93. The fourth-order valence-corrected chi connectivity index (χ4v) is 2.87. The summed E-state index contributed by atoms with van der Waals surface area (Å²) in [5, 5.41) is 2.60. The molecular formula is C19H19N. The molecule has 0 aromatic heterocycles. The molecule has 1 heteroatoms. The van der Waals surface area contributed by atoms with Crippen molar-refractivity contribution >= 4 is 10.8 Å². The second-order valence-electron chi connectivity index (χ2n) is 5.33. The van der Waals surface area contributed by atoms with Crippen LogP contribution in [0.15, 0.2) is 54.6 Å². The van der Waals surface area contributed by atoms with Gasteiger partial charge in [-0.3, -0.25) is 0 Å². The van der Waals surface area contributed by atoms with Crippen LogP contribution in [0.2, 0.25) is 0 Å². The van der Waals surface area contributed by atoms with Gasteiger partial charge in [-0.2, -0.15) is 0 Å². The van der Waals surface area contributed by atoms with Crippen molar-refractivity contribution in [1.82, 2.24) is 0 Å². The lowest BCUT2D eigenvalue weighted by molar-refractivity contribution is 1.07. The van der Waals surface area contributed by atoms with Gasteiger partial charge < -0.3 is 5.73 Å². The largest absolute Gasteiger partial charge is 0.326 e. The molecule has 0 spiro atoms. The highest BCUT2D eigenvalue weighted by Crippen LogP contribution is 2.34. The SMILES string of the molecule is Cc1cc(CN)ccc1-c1c(C)ccc2ccccc12. The maximum absolute atomic E-state index is 5.73. The normalized spacial score (nSPS) is 10.9. The van der Waals surface area contributed by atoms with Crippen molar-refractivity contribution in [3.8, 4) is 11.1 Å². The molecule has 2 N–H and O–H groups in total. The lowest BCUT2D eigenvalue weighted by Gasteiger charge is -2.14. The molecule has 0 radical (unpaired) electrons. The number of fused-ring (bicyclic) bond motifs is 1. The van der Waals surface area contributed by atoms with Crippen LogP contribution in [-0.4, -0.2) is 0 Å². The van der Waals surface area contributed by atoms with Crippen molar-refractivity contribution in [2.45, 2.75) is 20.4 Å². The lowest BCUT2D eigenvalue weighted by Crippen LogP contribution is -1.97. The van der Waals surface area contributed by atoms with Crippen molar-refractivity contribution in [3.05, 3.63) is 71.3 Å². The molecular weight excluding hydrogens is 242 g/mol. The topological polar surface area (TPSA) is 26.0 Å². The monoisotopic (exact) mass is 261 g/mol. The maximum atomic E-state index is 5.73.